The van der Waals surface area contributed by atoms with Crippen LogP contribution in [0.2, 0.25) is 5.02 Å². The van der Waals surface area contributed by atoms with Gasteiger partial charge in [-0.15, -0.1) is 0 Å². The predicted octanol–water partition coefficient (Wildman–Crippen LogP) is 3.70. The minimum Gasteiger partial charge on any atom is -0.393 e. The van der Waals surface area contributed by atoms with Crippen molar-refractivity contribution in [3.63, 3.8) is 0 Å². The number of hydrogen-bond donors (Lipinski definition) is 2. The Bertz CT molecular complexity index is 548. The van der Waals surface area contributed by atoms with Crippen molar-refractivity contribution < 1.29 is 9.90 Å². The third-order valence-corrected chi connectivity index (χ3v) is 4.81. The summed E-state index contributed by atoms with van der Waals surface area (Å²) < 4.78 is 0. The Hall–Kier alpha value is -1.26. The average molecular weight is 325 g/mol. The molecule has 1 aromatic carbocycles. The molecule has 0 bridgehead atoms. The summed E-state index contributed by atoms with van der Waals surface area (Å²) in [5, 5.41) is 13.5. The van der Waals surface area contributed by atoms with Crippen LogP contribution in [0.1, 0.15) is 38.3 Å². The first kappa shape index (κ1) is 17.1. The number of hydrogen-bond acceptors (Lipinski definition) is 2. The Balaban J connectivity index is 2.19. The average Bonchev–Trinajstić information content (AvgIpc) is 2.50. The third kappa shape index (κ3) is 3.55. The zero-order valence-corrected chi connectivity index (χ0v) is 14.3. The number of aryl methyl sites for hydroxylation is 1. The van der Waals surface area contributed by atoms with Gasteiger partial charge >= 0.3 is 6.03 Å². The summed E-state index contributed by atoms with van der Waals surface area (Å²) in [6.45, 7) is 7.24. The number of nitrogens with one attached hydrogen (secondary N) is 1. The molecule has 0 saturated carbocycles. The number of anilines is 1. The van der Waals surface area contributed by atoms with Crippen LogP contribution in [0.5, 0.6) is 0 Å². The van der Waals surface area contributed by atoms with Crippen molar-refractivity contribution in [1.29, 1.82) is 0 Å². The number of urea groups is 1. The number of aliphatic hydroxyl groups excluding tert-OH is 1. The minimum atomic E-state index is -0.312. The van der Waals surface area contributed by atoms with Gasteiger partial charge in [-0.05, 0) is 42.4 Å². The van der Waals surface area contributed by atoms with Crippen LogP contribution < -0.4 is 5.32 Å². The van der Waals surface area contributed by atoms with Gasteiger partial charge in [0.15, 0.2) is 0 Å². The van der Waals surface area contributed by atoms with Gasteiger partial charge in [-0.25, -0.2) is 4.79 Å². The van der Waals surface area contributed by atoms with E-state index in [1.165, 1.54) is 0 Å². The topological polar surface area (TPSA) is 52.6 Å². The van der Waals surface area contributed by atoms with E-state index >= 15 is 0 Å². The summed E-state index contributed by atoms with van der Waals surface area (Å²) in [6.07, 6.45) is 1.94. The van der Waals surface area contributed by atoms with Crippen LogP contribution in [0, 0.1) is 5.92 Å². The predicted molar refractivity (Wildman–Crippen MR) is 90.6 cm³/mol. The number of halogens is 1. The SMILES string of the molecule is CCc1ccc(Cl)c(CC)c1NC(=O)N1CCC(O)C(C)C1. The lowest BCUT2D eigenvalue weighted by Gasteiger charge is -2.34. The standard InChI is InChI=1S/C17H25ClN2O2/c1-4-12-6-7-14(18)13(5-2)16(12)19-17(22)20-9-8-15(21)11(3)10-20/h6-7,11,15,21H,4-5,8-10H2,1-3H3,(H,19,22). The first-order valence-corrected chi connectivity index (χ1v) is 8.39. The highest BCUT2D eigenvalue weighted by Crippen LogP contribution is 2.30. The molecule has 0 radical (unpaired) electrons. The zero-order chi connectivity index (χ0) is 16.3. The Morgan fingerprint density at radius 2 is 2.14 bits per heavy atom. The smallest absolute Gasteiger partial charge is 0.321 e. The summed E-state index contributed by atoms with van der Waals surface area (Å²) in [7, 11) is 0. The van der Waals surface area contributed by atoms with Crippen LogP contribution in [-0.2, 0) is 12.8 Å². The molecule has 2 N–H and O–H groups in total. The molecule has 1 heterocycles. The highest BCUT2D eigenvalue weighted by molar-refractivity contribution is 6.31. The molecule has 1 saturated heterocycles. The summed E-state index contributed by atoms with van der Waals surface area (Å²) >= 11 is 6.27. The Labute approximate surface area is 137 Å². The number of carbonyl (C=O) groups excluding carboxylic acids is 1. The van der Waals surface area contributed by atoms with Crippen LogP contribution in [0.3, 0.4) is 0 Å². The molecule has 4 nitrogen and oxygen atoms in total. The number of nitrogens with zero attached hydrogens (tertiary/aromatic N) is 1. The van der Waals surface area contributed by atoms with Gasteiger partial charge < -0.3 is 15.3 Å². The first-order chi connectivity index (χ1) is 10.5. The molecular weight excluding hydrogens is 300 g/mol. The summed E-state index contributed by atoms with van der Waals surface area (Å²) in [4.78, 5) is 14.3. The van der Waals surface area contributed by atoms with E-state index in [4.69, 9.17) is 11.6 Å². The number of likely N-dealkylation sites (tertiary alicyclic amines) is 1. The highest BCUT2D eigenvalue weighted by atomic mass is 35.5. The lowest BCUT2D eigenvalue weighted by molar-refractivity contribution is 0.0506. The Morgan fingerprint density at radius 1 is 1.41 bits per heavy atom. The molecule has 1 aromatic rings. The van der Waals surface area contributed by atoms with E-state index < -0.39 is 0 Å². The Kier molecular flexibility index (Phi) is 5.70. The fourth-order valence-electron chi connectivity index (χ4n) is 2.97. The summed E-state index contributed by atoms with van der Waals surface area (Å²) in [5.74, 6) is 0.107. The maximum absolute atomic E-state index is 12.6. The third-order valence-electron chi connectivity index (χ3n) is 4.46. The number of rotatable bonds is 3. The van der Waals surface area contributed by atoms with Crippen molar-refractivity contribution in [3.05, 3.63) is 28.3 Å². The minimum absolute atomic E-state index is 0.106. The Morgan fingerprint density at radius 3 is 2.73 bits per heavy atom. The van der Waals surface area contributed by atoms with Gasteiger partial charge in [0.25, 0.3) is 0 Å². The first-order valence-electron chi connectivity index (χ1n) is 8.02. The number of piperidine rings is 1. The number of aliphatic hydroxyl groups is 1. The van der Waals surface area contributed by atoms with E-state index in [-0.39, 0.29) is 18.1 Å². The maximum atomic E-state index is 12.6. The van der Waals surface area contributed by atoms with Crippen molar-refractivity contribution >= 4 is 23.3 Å². The van der Waals surface area contributed by atoms with Gasteiger partial charge in [0.1, 0.15) is 0 Å². The lowest BCUT2D eigenvalue weighted by Crippen LogP contribution is -2.46. The molecular formula is C17H25ClN2O2. The summed E-state index contributed by atoms with van der Waals surface area (Å²) in [6, 6.07) is 3.76. The molecule has 2 atom stereocenters. The van der Waals surface area contributed by atoms with E-state index in [1.54, 1.807) is 4.90 Å². The van der Waals surface area contributed by atoms with Gasteiger partial charge in [-0.2, -0.15) is 0 Å². The second-order valence-electron chi connectivity index (χ2n) is 5.98. The quantitative estimate of drug-likeness (QED) is 0.890. The fraction of sp³-hybridized carbons (Fsp3) is 0.588. The van der Waals surface area contributed by atoms with E-state index in [1.807, 2.05) is 26.0 Å². The van der Waals surface area contributed by atoms with Crippen molar-refractivity contribution in [3.8, 4) is 0 Å². The molecule has 0 spiro atoms. The zero-order valence-electron chi connectivity index (χ0n) is 13.5. The van der Waals surface area contributed by atoms with Crippen LogP contribution >= 0.6 is 11.6 Å². The second kappa shape index (κ2) is 7.34. The van der Waals surface area contributed by atoms with Crippen molar-refractivity contribution in [2.75, 3.05) is 18.4 Å². The van der Waals surface area contributed by atoms with E-state index in [0.717, 1.165) is 29.7 Å². The number of carbonyl (C=O) groups is 1. The molecule has 1 aliphatic heterocycles. The molecule has 5 heteroatoms. The molecule has 0 aromatic heterocycles. The van der Waals surface area contributed by atoms with Crippen molar-refractivity contribution in [2.24, 2.45) is 5.92 Å². The highest BCUT2D eigenvalue weighted by Gasteiger charge is 2.27. The van der Waals surface area contributed by atoms with Crippen molar-refractivity contribution in [2.45, 2.75) is 46.1 Å². The van der Waals surface area contributed by atoms with Crippen molar-refractivity contribution in [1.82, 2.24) is 4.90 Å². The van der Waals surface area contributed by atoms with E-state index in [2.05, 4.69) is 12.2 Å². The van der Waals surface area contributed by atoms with Gasteiger partial charge in [0, 0.05) is 18.1 Å². The van der Waals surface area contributed by atoms with Gasteiger partial charge in [-0.3, -0.25) is 0 Å². The molecule has 2 rings (SSSR count). The molecule has 2 unspecified atom stereocenters. The molecule has 122 valence electrons. The van der Waals surface area contributed by atoms with E-state index in [9.17, 15) is 9.90 Å². The largest absolute Gasteiger partial charge is 0.393 e. The van der Waals surface area contributed by atoms with Gasteiger partial charge in [-0.1, -0.05) is 38.4 Å². The number of benzene rings is 1. The van der Waals surface area contributed by atoms with Crippen LogP contribution in [0.25, 0.3) is 0 Å². The fourth-order valence-corrected chi connectivity index (χ4v) is 3.26. The summed E-state index contributed by atoms with van der Waals surface area (Å²) in [5.41, 5.74) is 2.93. The second-order valence-corrected chi connectivity index (χ2v) is 6.38. The number of amides is 2. The van der Waals surface area contributed by atoms with E-state index in [0.29, 0.717) is 24.5 Å². The normalized spacial score (nSPS) is 21.8. The lowest BCUT2D eigenvalue weighted by atomic mass is 9.97. The monoisotopic (exact) mass is 324 g/mol. The molecule has 1 fully saturated rings. The maximum Gasteiger partial charge on any atom is 0.321 e. The van der Waals surface area contributed by atoms with Crippen LogP contribution in [-0.4, -0.2) is 35.2 Å². The van der Waals surface area contributed by atoms with Gasteiger partial charge in [0.2, 0.25) is 0 Å². The van der Waals surface area contributed by atoms with Crippen LogP contribution in [0.4, 0.5) is 10.5 Å². The molecule has 22 heavy (non-hydrogen) atoms. The molecule has 0 aliphatic carbocycles. The van der Waals surface area contributed by atoms with Crippen LogP contribution in [0.15, 0.2) is 12.1 Å². The van der Waals surface area contributed by atoms with Gasteiger partial charge in [0.05, 0.1) is 11.8 Å². The molecule has 2 amide bonds. The molecule has 1 aliphatic rings.